The Balaban J connectivity index is 1.70. The molecule has 3 heterocycles. The molecule has 3 rings (SSSR count). The molecule has 3 aliphatic rings. The van der Waals surface area contributed by atoms with Crippen molar-refractivity contribution in [3.8, 4) is 0 Å². The van der Waals surface area contributed by atoms with Crippen LogP contribution in [-0.2, 0) is 19.0 Å². The summed E-state index contributed by atoms with van der Waals surface area (Å²) in [5, 5.41) is 9.65. The number of carbonyl (C=O) groups is 1. The summed E-state index contributed by atoms with van der Waals surface area (Å²) in [6, 6.07) is 0. The minimum atomic E-state index is -0.752. The number of cyclic esters (lactones) is 1. The fourth-order valence-electron chi connectivity index (χ4n) is 2.28. The highest BCUT2D eigenvalue weighted by molar-refractivity contribution is 5.70. The standard InChI is InChI=1S/C10H14O5/c1-4-2-6-9(14-6)10-8(15-10)5(11)3-7(12)13-4/h4-6,8-11H,2-3H2,1H3. The Morgan fingerprint density at radius 3 is 2.87 bits per heavy atom. The number of ether oxygens (including phenoxy) is 3. The van der Waals surface area contributed by atoms with Gasteiger partial charge in [-0.3, -0.25) is 4.79 Å². The van der Waals surface area contributed by atoms with Gasteiger partial charge in [0.1, 0.15) is 24.4 Å². The highest BCUT2D eigenvalue weighted by Gasteiger charge is 2.60. The molecular weight excluding hydrogens is 200 g/mol. The molecule has 0 aliphatic carbocycles. The molecule has 0 amide bonds. The second-order valence-corrected chi connectivity index (χ2v) is 4.51. The van der Waals surface area contributed by atoms with Gasteiger partial charge in [-0.25, -0.2) is 0 Å². The van der Waals surface area contributed by atoms with Crippen LogP contribution >= 0.6 is 0 Å². The van der Waals surface area contributed by atoms with E-state index in [0.29, 0.717) is 0 Å². The minimum Gasteiger partial charge on any atom is -0.462 e. The first kappa shape index (κ1) is 9.57. The SMILES string of the molecule is CC1CC2OC2C2OC2C(O)CC(=O)O1. The predicted molar refractivity (Wildman–Crippen MR) is 48.1 cm³/mol. The molecule has 0 bridgehead atoms. The fraction of sp³-hybridized carbons (Fsp3) is 0.900. The zero-order chi connectivity index (χ0) is 10.6. The topological polar surface area (TPSA) is 71.6 Å². The lowest BCUT2D eigenvalue weighted by Gasteiger charge is -2.14. The summed E-state index contributed by atoms with van der Waals surface area (Å²) in [7, 11) is 0. The van der Waals surface area contributed by atoms with E-state index in [0.717, 1.165) is 6.42 Å². The van der Waals surface area contributed by atoms with Gasteiger partial charge in [-0.1, -0.05) is 0 Å². The fourth-order valence-corrected chi connectivity index (χ4v) is 2.28. The van der Waals surface area contributed by atoms with Crippen molar-refractivity contribution in [2.45, 2.75) is 56.4 Å². The average Bonchev–Trinajstić information content (AvgIpc) is 2.92. The molecule has 0 aromatic rings. The third kappa shape index (κ3) is 1.75. The first-order chi connectivity index (χ1) is 7.15. The van der Waals surface area contributed by atoms with Crippen LogP contribution in [0.1, 0.15) is 19.8 Å². The van der Waals surface area contributed by atoms with E-state index in [-0.39, 0.29) is 42.9 Å². The summed E-state index contributed by atoms with van der Waals surface area (Å²) in [6.07, 6.45) is -0.171. The van der Waals surface area contributed by atoms with Gasteiger partial charge in [0.2, 0.25) is 0 Å². The van der Waals surface area contributed by atoms with E-state index < -0.39 is 6.10 Å². The summed E-state index contributed by atoms with van der Waals surface area (Å²) in [6.45, 7) is 1.84. The number of aliphatic hydroxyl groups excluding tert-OH is 1. The molecule has 0 spiro atoms. The largest absolute Gasteiger partial charge is 0.462 e. The number of epoxide rings is 2. The number of esters is 1. The van der Waals surface area contributed by atoms with Crippen LogP contribution in [0, 0.1) is 0 Å². The molecule has 0 saturated carbocycles. The van der Waals surface area contributed by atoms with Crippen LogP contribution in [-0.4, -0.2) is 47.7 Å². The van der Waals surface area contributed by atoms with E-state index in [1.165, 1.54) is 0 Å². The summed E-state index contributed by atoms with van der Waals surface area (Å²) in [5.74, 6) is -0.358. The zero-order valence-electron chi connectivity index (χ0n) is 8.46. The van der Waals surface area contributed by atoms with Crippen LogP contribution in [0.15, 0.2) is 0 Å². The molecule has 3 aliphatic heterocycles. The van der Waals surface area contributed by atoms with Gasteiger partial charge in [-0.2, -0.15) is 0 Å². The maximum absolute atomic E-state index is 11.3. The monoisotopic (exact) mass is 214 g/mol. The quantitative estimate of drug-likeness (QED) is 0.439. The van der Waals surface area contributed by atoms with Crippen molar-refractivity contribution in [3.05, 3.63) is 0 Å². The van der Waals surface area contributed by atoms with E-state index >= 15 is 0 Å². The molecule has 3 saturated heterocycles. The third-order valence-corrected chi connectivity index (χ3v) is 3.16. The molecule has 5 nitrogen and oxygen atoms in total. The van der Waals surface area contributed by atoms with Crippen LogP contribution in [0.3, 0.4) is 0 Å². The van der Waals surface area contributed by atoms with Gasteiger partial charge >= 0.3 is 5.97 Å². The van der Waals surface area contributed by atoms with Gasteiger partial charge < -0.3 is 19.3 Å². The summed E-state index contributed by atoms with van der Waals surface area (Å²) >= 11 is 0. The molecule has 6 atom stereocenters. The molecule has 1 N–H and O–H groups in total. The first-order valence-electron chi connectivity index (χ1n) is 5.33. The molecule has 0 aromatic carbocycles. The van der Waals surface area contributed by atoms with Crippen molar-refractivity contribution < 1.29 is 24.1 Å². The predicted octanol–water partition coefficient (Wildman–Crippen LogP) is -0.392. The number of hydrogen-bond donors (Lipinski definition) is 1. The Morgan fingerprint density at radius 1 is 1.27 bits per heavy atom. The van der Waals surface area contributed by atoms with E-state index in [9.17, 15) is 9.90 Å². The number of hydrogen-bond acceptors (Lipinski definition) is 5. The molecule has 6 unspecified atom stereocenters. The van der Waals surface area contributed by atoms with Crippen LogP contribution < -0.4 is 0 Å². The summed E-state index contributed by atoms with van der Waals surface area (Å²) in [5.41, 5.74) is 0. The Bertz CT molecular complexity index is 292. The van der Waals surface area contributed by atoms with Crippen molar-refractivity contribution in [3.63, 3.8) is 0 Å². The van der Waals surface area contributed by atoms with Gasteiger partial charge in [0.05, 0.1) is 18.6 Å². The lowest BCUT2D eigenvalue weighted by molar-refractivity contribution is -0.151. The molecular formula is C10H14O5. The van der Waals surface area contributed by atoms with Gasteiger partial charge in [0.25, 0.3) is 0 Å². The second kappa shape index (κ2) is 3.17. The number of carbonyl (C=O) groups excluding carboxylic acids is 1. The molecule has 15 heavy (non-hydrogen) atoms. The molecule has 0 radical (unpaired) electrons. The second-order valence-electron chi connectivity index (χ2n) is 4.51. The van der Waals surface area contributed by atoms with Crippen molar-refractivity contribution in [1.29, 1.82) is 0 Å². The maximum atomic E-state index is 11.3. The Morgan fingerprint density at radius 2 is 2.07 bits per heavy atom. The lowest BCUT2D eigenvalue weighted by atomic mass is 10.0. The van der Waals surface area contributed by atoms with Gasteiger partial charge in [0, 0.05) is 6.42 Å². The Hall–Kier alpha value is -0.650. The van der Waals surface area contributed by atoms with Crippen molar-refractivity contribution in [1.82, 2.24) is 0 Å². The van der Waals surface area contributed by atoms with E-state index in [2.05, 4.69) is 0 Å². The van der Waals surface area contributed by atoms with Crippen molar-refractivity contribution in [2.75, 3.05) is 0 Å². The maximum Gasteiger partial charge on any atom is 0.308 e. The van der Waals surface area contributed by atoms with Crippen LogP contribution in [0.5, 0.6) is 0 Å². The third-order valence-electron chi connectivity index (χ3n) is 3.16. The van der Waals surface area contributed by atoms with Gasteiger partial charge in [-0.15, -0.1) is 0 Å². The van der Waals surface area contributed by atoms with Crippen molar-refractivity contribution in [2.24, 2.45) is 0 Å². The highest BCUT2D eigenvalue weighted by Crippen LogP contribution is 2.43. The number of aliphatic hydroxyl groups is 1. The first-order valence-corrected chi connectivity index (χ1v) is 5.33. The Kier molecular flexibility index (Phi) is 2.02. The molecule has 0 aromatic heterocycles. The Labute approximate surface area is 87.3 Å². The van der Waals surface area contributed by atoms with Crippen molar-refractivity contribution >= 4 is 5.97 Å². The van der Waals surface area contributed by atoms with Crippen LogP contribution in [0.25, 0.3) is 0 Å². The average molecular weight is 214 g/mol. The van der Waals surface area contributed by atoms with Gasteiger partial charge in [0.15, 0.2) is 0 Å². The minimum absolute atomic E-state index is 0.0110. The summed E-state index contributed by atoms with van der Waals surface area (Å²) in [4.78, 5) is 11.3. The number of rotatable bonds is 0. The molecule has 84 valence electrons. The normalized spacial score (nSPS) is 53.6. The summed E-state index contributed by atoms with van der Waals surface area (Å²) < 4.78 is 15.9. The smallest absolute Gasteiger partial charge is 0.308 e. The zero-order valence-corrected chi connectivity index (χ0v) is 8.46. The van der Waals surface area contributed by atoms with Crippen LogP contribution in [0.4, 0.5) is 0 Å². The van der Waals surface area contributed by atoms with Gasteiger partial charge in [-0.05, 0) is 6.92 Å². The van der Waals surface area contributed by atoms with Crippen LogP contribution in [0.2, 0.25) is 0 Å². The molecule has 5 heteroatoms. The number of fused-ring (bicyclic) bond motifs is 3. The highest BCUT2D eigenvalue weighted by atomic mass is 16.7. The molecule has 3 fully saturated rings. The van der Waals surface area contributed by atoms with E-state index in [4.69, 9.17) is 14.2 Å². The van der Waals surface area contributed by atoms with E-state index in [1.807, 2.05) is 6.92 Å². The van der Waals surface area contributed by atoms with E-state index in [1.54, 1.807) is 0 Å². The lowest BCUT2D eigenvalue weighted by Crippen LogP contribution is -2.28.